The smallest absolute Gasteiger partial charge is 0.131 e. The minimum atomic E-state index is -0.960. The van der Waals surface area contributed by atoms with Crippen molar-refractivity contribution in [1.29, 1.82) is 0 Å². The molecule has 1 heterocycles. The molecule has 6 atom stereocenters. The summed E-state index contributed by atoms with van der Waals surface area (Å²) in [5.41, 5.74) is 5.24. The first-order valence-corrected chi connectivity index (χ1v) is 8.72. The van der Waals surface area contributed by atoms with Crippen LogP contribution in [0, 0.1) is 11.8 Å². The number of fused-ring (bicyclic) bond motifs is 1. The summed E-state index contributed by atoms with van der Waals surface area (Å²) in [6, 6.07) is 0.202. The number of aliphatic imine (C=N–C) groups is 1. The summed E-state index contributed by atoms with van der Waals surface area (Å²) in [5, 5.41) is 11.4. The number of halogens is 1. The Hall–Kier alpha value is -0.130. The Morgan fingerprint density at radius 2 is 2.00 bits per heavy atom. The largest absolute Gasteiger partial charge is 0.385 e. The van der Waals surface area contributed by atoms with E-state index in [2.05, 4.69) is 20.9 Å². The van der Waals surface area contributed by atoms with Crippen LogP contribution in [-0.2, 0) is 4.74 Å². The summed E-state index contributed by atoms with van der Waals surface area (Å²) in [7, 11) is 1.75. The minimum absolute atomic E-state index is 0.0952. The minimum Gasteiger partial charge on any atom is -0.385 e. The van der Waals surface area contributed by atoms with Gasteiger partial charge in [0, 0.05) is 23.8 Å². The van der Waals surface area contributed by atoms with Crippen LogP contribution in [0.4, 0.5) is 0 Å². The Morgan fingerprint density at radius 3 is 2.75 bits per heavy atom. The molecule has 0 aromatic carbocycles. The van der Waals surface area contributed by atoms with Crippen molar-refractivity contribution in [2.75, 3.05) is 7.11 Å². The Kier molecular flexibility index (Phi) is 4.13. The molecular weight excluding hydrogens is 320 g/mol. The molecule has 0 bridgehead atoms. The van der Waals surface area contributed by atoms with Gasteiger partial charge in [0.2, 0.25) is 0 Å². The van der Waals surface area contributed by atoms with Gasteiger partial charge in [0.25, 0.3) is 0 Å². The Labute approximate surface area is 129 Å². The zero-order valence-electron chi connectivity index (χ0n) is 12.1. The first kappa shape index (κ1) is 14.8. The number of rotatable bonds is 2. The lowest BCUT2D eigenvalue weighted by Crippen LogP contribution is -2.58. The maximum Gasteiger partial charge on any atom is 0.131 e. The van der Waals surface area contributed by atoms with Gasteiger partial charge in [-0.15, -0.1) is 0 Å². The van der Waals surface area contributed by atoms with E-state index >= 15 is 0 Å². The lowest BCUT2D eigenvalue weighted by Gasteiger charge is -2.45. The fraction of sp³-hybridized carbons (Fsp3) is 0.933. The molecule has 114 valence electrons. The molecule has 2 aliphatic carbocycles. The quantitative estimate of drug-likeness (QED) is 0.754. The van der Waals surface area contributed by atoms with Gasteiger partial charge in [-0.25, -0.2) is 0 Å². The Bertz CT molecular complexity index is 403. The van der Waals surface area contributed by atoms with Crippen molar-refractivity contribution in [3.63, 3.8) is 0 Å². The molecule has 0 aromatic heterocycles. The number of hydrogen-bond acceptors (Lipinski definition) is 4. The van der Waals surface area contributed by atoms with E-state index in [1.54, 1.807) is 7.11 Å². The standard InChI is InChI=1S/C15H25BrN2O2/c1-20-13-5-3-2-4-10(13)15(19)11-8-9(16)6-7-12(11)18-14(15)17/h9-13,19H,2-8H2,1H3,(H2,17,18). The highest BCUT2D eigenvalue weighted by Crippen LogP contribution is 2.49. The van der Waals surface area contributed by atoms with E-state index < -0.39 is 5.60 Å². The van der Waals surface area contributed by atoms with Gasteiger partial charge >= 0.3 is 0 Å². The van der Waals surface area contributed by atoms with Crippen LogP contribution in [0.5, 0.6) is 0 Å². The van der Waals surface area contributed by atoms with Gasteiger partial charge in [0.15, 0.2) is 0 Å². The van der Waals surface area contributed by atoms with Crippen LogP contribution in [0.15, 0.2) is 4.99 Å². The van der Waals surface area contributed by atoms with Crippen LogP contribution in [0.3, 0.4) is 0 Å². The van der Waals surface area contributed by atoms with E-state index in [1.165, 1.54) is 6.42 Å². The van der Waals surface area contributed by atoms with Crippen molar-refractivity contribution in [3.05, 3.63) is 0 Å². The lowest BCUT2D eigenvalue weighted by molar-refractivity contribution is -0.0930. The van der Waals surface area contributed by atoms with Crippen molar-refractivity contribution in [2.45, 2.75) is 67.5 Å². The number of alkyl halides is 1. The van der Waals surface area contributed by atoms with Gasteiger partial charge in [-0.05, 0) is 32.1 Å². The number of nitrogens with zero attached hydrogens (tertiary/aromatic N) is 1. The van der Waals surface area contributed by atoms with Gasteiger partial charge in [-0.3, -0.25) is 4.99 Å². The summed E-state index contributed by atoms with van der Waals surface area (Å²) in [6.07, 6.45) is 7.54. The zero-order chi connectivity index (χ0) is 14.3. The van der Waals surface area contributed by atoms with Crippen LogP contribution in [0.2, 0.25) is 0 Å². The first-order chi connectivity index (χ1) is 9.57. The van der Waals surface area contributed by atoms with E-state index in [9.17, 15) is 5.11 Å². The first-order valence-electron chi connectivity index (χ1n) is 7.80. The second kappa shape index (κ2) is 5.58. The van der Waals surface area contributed by atoms with Crippen LogP contribution in [0.25, 0.3) is 0 Å². The number of methoxy groups -OCH3 is 1. The van der Waals surface area contributed by atoms with Crippen molar-refractivity contribution in [1.82, 2.24) is 0 Å². The van der Waals surface area contributed by atoms with Crippen molar-refractivity contribution in [3.8, 4) is 0 Å². The Morgan fingerprint density at radius 1 is 1.25 bits per heavy atom. The van der Waals surface area contributed by atoms with Gasteiger partial charge < -0.3 is 15.6 Å². The lowest BCUT2D eigenvalue weighted by atomic mass is 9.65. The molecule has 3 rings (SSSR count). The second-order valence-electron chi connectivity index (χ2n) is 6.59. The van der Waals surface area contributed by atoms with E-state index in [0.29, 0.717) is 10.7 Å². The number of aliphatic hydroxyl groups is 1. The van der Waals surface area contributed by atoms with Gasteiger partial charge in [0.05, 0.1) is 12.1 Å². The molecule has 20 heavy (non-hydrogen) atoms. The molecule has 2 saturated carbocycles. The predicted molar refractivity (Wildman–Crippen MR) is 83.2 cm³/mol. The van der Waals surface area contributed by atoms with Crippen molar-refractivity contribution < 1.29 is 9.84 Å². The van der Waals surface area contributed by atoms with Crippen LogP contribution in [-0.4, -0.2) is 40.6 Å². The van der Waals surface area contributed by atoms with Gasteiger partial charge in [0.1, 0.15) is 11.4 Å². The van der Waals surface area contributed by atoms with E-state index in [0.717, 1.165) is 38.5 Å². The average molecular weight is 345 g/mol. The normalized spacial score (nSPS) is 48.8. The van der Waals surface area contributed by atoms with E-state index in [4.69, 9.17) is 10.5 Å². The molecule has 0 radical (unpaired) electrons. The molecule has 0 aromatic rings. The number of amidine groups is 1. The fourth-order valence-corrected chi connectivity index (χ4v) is 5.22. The molecule has 6 unspecified atom stereocenters. The summed E-state index contributed by atoms with van der Waals surface area (Å²) in [5.74, 6) is 0.710. The maximum atomic E-state index is 11.4. The van der Waals surface area contributed by atoms with Crippen LogP contribution >= 0.6 is 15.9 Å². The maximum absolute atomic E-state index is 11.4. The van der Waals surface area contributed by atoms with Gasteiger partial charge in [-0.2, -0.15) is 0 Å². The third kappa shape index (κ3) is 2.22. The summed E-state index contributed by atoms with van der Waals surface area (Å²) >= 11 is 3.72. The second-order valence-corrected chi connectivity index (χ2v) is 7.88. The molecule has 3 N–H and O–H groups in total. The van der Waals surface area contributed by atoms with E-state index in [1.807, 2.05) is 0 Å². The highest BCUT2D eigenvalue weighted by atomic mass is 79.9. The number of ether oxygens (including phenoxy) is 1. The highest BCUT2D eigenvalue weighted by molar-refractivity contribution is 9.09. The molecule has 0 saturated heterocycles. The molecule has 2 fully saturated rings. The van der Waals surface area contributed by atoms with Crippen LogP contribution in [0.1, 0.15) is 44.9 Å². The van der Waals surface area contributed by atoms with Crippen molar-refractivity contribution in [2.24, 2.45) is 22.6 Å². The molecule has 0 spiro atoms. The average Bonchev–Trinajstić information content (AvgIpc) is 2.72. The molecule has 1 aliphatic heterocycles. The molecule has 4 nitrogen and oxygen atoms in total. The van der Waals surface area contributed by atoms with E-state index in [-0.39, 0.29) is 24.0 Å². The Balaban J connectivity index is 1.90. The van der Waals surface area contributed by atoms with Crippen molar-refractivity contribution >= 4 is 21.8 Å². The summed E-state index contributed by atoms with van der Waals surface area (Å²) in [6.45, 7) is 0. The molecular formula is C15H25BrN2O2. The topological polar surface area (TPSA) is 67.8 Å². The molecule has 0 amide bonds. The summed E-state index contributed by atoms with van der Waals surface area (Å²) in [4.78, 5) is 5.08. The monoisotopic (exact) mass is 344 g/mol. The summed E-state index contributed by atoms with van der Waals surface area (Å²) < 4.78 is 5.65. The third-order valence-electron chi connectivity index (χ3n) is 5.60. The molecule has 5 heteroatoms. The zero-order valence-corrected chi connectivity index (χ0v) is 13.7. The van der Waals surface area contributed by atoms with Gasteiger partial charge in [-0.1, -0.05) is 28.8 Å². The fourth-order valence-electron chi connectivity index (χ4n) is 4.55. The number of nitrogens with two attached hydrogens (primary N) is 1. The third-order valence-corrected chi connectivity index (χ3v) is 6.43. The van der Waals surface area contributed by atoms with Crippen LogP contribution < -0.4 is 5.73 Å². The SMILES string of the molecule is COC1CCCCC1C1(O)C(N)=NC2CCC(Br)CC21. The predicted octanol–water partition coefficient (Wildman–Crippen LogP) is 2.23. The highest BCUT2D eigenvalue weighted by Gasteiger charge is 2.57. The molecule has 3 aliphatic rings. The number of hydrogen-bond donors (Lipinski definition) is 2.